The Bertz CT molecular complexity index is 380. The van der Waals surface area contributed by atoms with Crippen molar-refractivity contribution in [2.24, 2.45) is 23.2 Å². The van der Waals surface area contributed by atoms with Crippen molar-refractivity contribution < 1.29 is 9.53 Å². The number of hydrogen-bond acceptors (Lipinski definition) is 3. The summed E-state index contributed by atoms with van der Waals surface area (Å²) < 4.78 is 5.19. The van der Waals surface area contributed by atoms with Gasteiger partial charge in [-0.1, -0.05) is 0 Å². The first-order valence-corrected chi connectivity index (χ1v) is 9.05. The van der Waals surface area contributed by atoms with E-state index in [1.807, 2.05) is 6.92 Å². The highest BCUT2D eigenvalue weighted by Gasteiger charge is 2.52. The summed E-state index contributed by atoms with van der Waals surface area (Å²) in [5.74, 6) is 2.98. The Morgan fingerprint density at radius 1 is 1.10 bits per heavy atom. The summed E-state index contributed by atoms with van der Waals surface area (Å²) in [5.41, 5.74) is 0.545. The van der Waals surface area contributed by atoms with Crippen molar-refractivity contribution in [2.45, 2.75) is 64.3 Å². The normalized spacial score (nSPS) is 40.8. The van der Waals surface area contributed by atoms with Crippen molar-refractivity contribution in [2.75, 3.05) is 19.7 Å². The van der Waals surface area contributed by atoms with Crippen LogP contribution in [0, 0.1) is 23.2 Å². The van der Waals surface area contributed by atoms with E-state index in [9.17, 15) is 4.79 Å². The summed E-state index contributed by atoms with van der Waals surface area (Å²) in [6.45, 7) is 4.10. The zero-order valence-corrected chi connectivity index (χ0v) is 13.4. The van der Waals surface area contributed by atoms with E-state index in [1.165, 1.54) is 57.9 Å². The van der Waals surface area contributed by atoms with E-state index < -0.39 is 0 Å². The van der Waals surface area contributed by atoms with E-state index in [0.717, 1.165) is 17.8 Å². The Balaban J connectivity index is 1.44. The highest BCUT2D eigenvalue weighted by Crippen LogP contribution is 2.60. The summed E-state index contributed by atoms with van der Waals surface area (Å²) in [5, 5.41) is 0. The molecule has 0 amide bonds. The van der Waals surface area contributed by atoms with E-state index in [4.69, 9.17) is 4.74 Å². The summed E-state index contributed by atoms with van der Waals surface area (Å²) >= 11 is 0. The predicted octanol–water partition coefficient (Wildman–Crippen LogP) is 3.23. The second kappa shape index (κ2) is 5.26. The van der Waals surface area contributed by atoms with Crippen LogP contribution in [0.5, 0.6) is 0 Å². The fourth-order valence-corrected chi connectivity index (χ4v) is 6.04. The number of rotatable bonds is 6. The molecule has 0 aromatic carbocycles. The van der Waals surface area contributed by atoms with Gasteiger partial charge < -0.3 is 4.74 Å². The molecule has 5 rings (SSSR count). The standard InChI is InChI=1S/C18H29NO2/c1-2-21-17(20)11-19(16-3-4-16)12-18-8-13-5-14(9-18)7-15(6-13)10-18/h13-16H,2-12H2,1H3. The van der Waals surface area contributed by atoms with Crippen molar-refractivity contribution in [1.82, 2.24) is 4.90 Å². The molecule has 0 aromatic rings. The molecule has 3 heteroatoms. The van der Waals surface area contributed by atoms with E-state index in [-0.39, 0.29) is 5.97 Å². The summed E-state index contributed by atoms with van der Waals surface area (Å²) in [4.78, 5) is 14.4. The third-order valence-corrected chi connectivity index (χ3v) is 6.40. The number of nitrogens with zero attached hydrogens (tertiary/aromatic N) is 1. The number of hydrogen-bond donors (Lipinski definition) is 0. The SMILES string of the molecule is CCOC(=O)CN(CC12CC3CC(CC(C3)C1)C2)C1CC1. The molecule has 0 saturated heterocycles. The van der Waals surface area contributed by atoms with Gasteiger partial charge in [-0.3, -0.25) is 9.69 Å². The van der Waals surface area contributed by atoms with Crippen molar-refractivity contribution in [3.05, 3.63) is 0 Å². The second-order valence-electron chi connectivity index (χ2n) is 8.36. The zero-order chi connectivity index (χ0) is 14.4. The fraction of sp³-hybridized carbons (Fsp3) is 0.944. The third kappa shape index (κ3) is 2.86. The topological polar surface area (TPSA) is 29.5 Å². The lowest BCUT2D eigenvalue weighted by molar-refractivity contribution is -0.146. The smallest absolute Gasteiger partial charge is 0.320 e. The van der Waals surface area contributed by atoms with Crippen molar-refractivity contribution in [1.29, 1.82) is 0 Å². The number of carbonyl (C=O) groups is 1. The Kier molecular flexibility index (Phi) is 3.52. The van der Waals surface area contributed by atoms with E-state index in [1.54, 1.807) is 0 Å². The zero-order valence-electron chi connectivity index (χ0n) is 13.4. The molecule has 5 aliphatic carbocycles. The van der Waals surface area contributed by atoms with Crippen LogP contribution in [-0.4, -0.2) is 36.6 Å². The van der Waals surface area contributed by atoms with E-state index in [0.29, 0.717) is 24.6 Å². The Morgan fingerprint density at radius 2 is 1.67 bits per heavy atom. The number of ether oxygens (including phenoxy) is 1. The van der Waals surface area contributed by atoms with E-state index in [2.05, 4.69) is 4.90 Å². The van der Waals surface area contributed by atoms with Crippen LogP contribution in [-0.2, 0) is 9.53 Å². The minimum absolute atomic E-state index is 0.0193. The van der Waals surface area contributed by atoms with Crippen LogP contribution in [0.15, 0.2) is 0 Å². The fourth-order valence-electron chi connectivity index (χ4n) is 6.04. The molecular formula is C18H29NO2. The van der Waals surface area contributed by atoms with Gasteiger partial charge >= 0.3 is 5.97 Å². The Morgan fingerprint density at radius 3 is 2.14 bits per heavy atom. The Labute approximate surface area is 128 Å². The summed E-state index contributed by atoms with van der Waals surface area (Å²) in [6.07, 6.45) is 11.4. The van der Waals surface area contributed by atoms with Gasteiger partial charge in [0.15, 0.2) is 0 Å². The lowest BCUT2D eigenvalue weighted by Gasteiger charge is -2.58. The molecule has 21 heavy (non-hydrogen) atoms. The van der Waals surface area contributed by atoms with Crippen LogP contribution in [0.3, 0.4) is 0 Å². The minimum atomic E-state index is -0.0193. The average Bonchev–Trinajstić information content (AvgIpc) is 3.20. The molecule has 118 valence electrons. The minimum Gasteiger partial charge on any atom is -0.465 e. The lowest BCUT2D eigenvalue weighted by atomic mass is 9.49. The first-order chi connectivity index (χ1) is 10.2. The maximum atomic E-state index is 11.9. The van der Waals surface area contributed by atoms with Gasteiger partial charge in [0.2, 0.25) is 0 Å². The molecule has 0 N–H and O–H groups in total. The quantitative estimate of drug-likeness (QED) is 0.704. The molecule has 5 aliphatic rings. The average molecular weight is 291 g/mol. The van der Waals surface area contributed by atoms with Crippen LogP contribution in [0.25, 0.3) is 0 Å². The van der Waals surface area contributed by atoms with Gasteiger partial charge in [-0.25, -0.2) is 0 Å². The predicted molar refractivity (Wildman–Crippen MR) is 81.8 cm³/mol. The summed E-state index contributed by atoms with van der Waals surface area (Å²) in [6, 6.07) is 0.669. The highest BCUT2D eigenvalue weighted by atomic mass is 16.5. The van der Waals surface area contributed by atoms with Gasteiger partial charge in [0.25, 0.3) is 0 Å². The molecule has 0 unspecified atom stereocenters. The largest absolute Gasteiger partial charge is 0.465 e. The lowest BCUT2D eigenvalue weighted by Crippen LogP contribution is -2.52. The van der Waals surface area contributed by atoms with Crippen molar-refractivity contribution in [3.63, 3.8) is 0 Å². The highest BCUT2D eigenvalue weighted by molar-refractivity contribution is 5.71. The summed E-state index contributed by atoms with van der Waals surface area (Å²) in [7, 11) is 0. The molecule has 4 bridgehead atoms. The van der Waals surface area contributed by atoms with Crippen LogP contribution >= 0.6 is 0 Å². The van der Waals surface area contributed by atoms with Gasteiger partial charge in [-0.05, 0) is 81.5 Å². The van der Waals surface area contributed by atoms with Gasteiger partial charge in [0.1, 0.15) is 0 Å². The molecular weight excluding hydrogens is 262 g/mol. The molecule has 0 aliphatic heterocycles. The molecule has 3 nitrogen and oxygen atoms in total. The van der Waals surface area contributed by atoms with Crippen LogP contribution in [0.2, 0.25) is 0 Å². The third-order valence-electron chi connectivity index (χ3n) is 6.40. The second-order valence-corrected chi connectivity index (χ2v) is 8.36. The number of carbonyl (C=O) groups excluding carboxylic acids is 1. The molecule has 5 saturated carbocycles. The van der Waals surface area contributed by atoms with Crippen LogP contribution in [0.1, 0.15) is 58.3 Å². The molecule has 0 heterocycles. The van der Waals surface area contributed by atoms with Gasteiger partial charge in [0, 0.05) is 12.6 Å². The molecule has 0 aromatic heterocycles. The van der Waals surface area contributed by atoms with Crippen molar-refractivity contribution >= 4 is 5.97 Å². The first kappa shape index (κ1) is 14.0. The molecule has 0 spiro atoms. The van der Waals surface area contributed by atoms with Crippen molar-refractivity contribution in [3.8, 4) is 0 Å². The Hall–Kier alpha value is -0.570. The maximum absolute atomic E-state index is 11.9. The van der Waals surface area contributed by atoms with Gasteiger partial charge in [0.05, 0.1) is 13.2 Å². The van der Waals surface area contributed by atoms with E-state index >= 15 is 0 Å². The van der Waals surface area contributed by atoms with Gasteiger partial charge in [-0.15, -0.1) is 0 Å². The maximum Gasteiger partial charge on any atom is 0.320 e. The van der Waals surface area contributed by atoms with Crippen LogP contribution < -0.4 is 0 Å². The first-order valence-electron chi connectivity index (χ1n) is 9.05. The molecule has 0 atom stereocenters. The number of esters is 1. The monoisotopic (exact) mass is 291 g/mol. The van der Waals surface area contributed by atoms with Crippen LogP contribution in [0.4, 0.5) is 0 Å². The van der Waals surface area contributed by atoms with Gasteiger partial charge in [-0.2, -0.15) is 0 Å². The molecule has 0 radical (unpaired) electrons. The molecule has 5 fully saturated rings.